The smallest absolute Gasteiger partial charge is 0.266 e. The van der Waals surface area contributed by atoms with Gasteiger partial charge in [0, 0.05) is 5.69 Å². The molecule has 202 valence electrons. The van der Waals surface area contributed by atoms with Gasteiger partial charge in [0.15, 0.2) is 11.5 Å². The van der Waals surface area contributed by atoms with Gasteiger partial charge in [0.25, 0.3) is 5.91 Å². The van der Waals surface area contributed by atoms with Gasteiger partial charge in [-0.05, 0) is 94.2 Å². The Bertz CT molecular complexity index is 1520. The molecule has 0 saturated heterocycles. The molecular weight excluding hydrogens is 575 g/mol. The molecular formula is C32H26BrFN2O4. The fourth-order valence-corrected chi connectivity index (χ4v) is 4.27. The van der Waals surface area contributed by atoms with Crippen LogP contribution >= 0.6 is 15.9 Å². The summed E-state index contributed by atoms with van der Waals surface area (Å²) in [5.41, 5.74) is 2.85. The van der Waals surface area contributed by atoms with Crippen LogP contribution in [0.4, 0.5) is 10.1 Å². The summed E-state index contributed by atoms with van der Waals surface area (Å²) in [7, 11) is 0. The lowest BCUT2D eigenvalue weighted by atomic mass is 10.1. The Labute approximate surface area is 240 Å². The third kappa shape index (κ3) is 7.95. The predicted octanol–water partition coefficient (Wildman–Crippen LogP) is 7.69. The quantitative estimate of drug-likeness (QED) is 0.141. The minimum absolute atomic E-state index is 0.0845. The summed E-state index contributed by atoms with van der Waals surface area (Å²) in [6.07, 6.45) is 1.48. The monoisotopic (exact) mass is 600 g/mol. The highest BCUT2D eigenvalue weighted by molar-refractivity contribution is 9.10. The van der Waals surface area contributed by atoms with Crippen LogP contribution in [0.1, 0.15) is 23.6 Å². The summed E-state index contributed by atoms with van der Waals surface area (Å²) >= 11 is 3.50. The van der Waals surface area contributed by atoms with E-state index in [0.29, 0.717) is 46.2 Å². The number of hydrogen-bond acceptors (Lipinski definition) is 5. The van der Waals surface area contributed by atoms with Crippen LogP contribution in [0, 0.1) is 17.1 Å². The van der Waals surface area contributed by atoms with Gasteiger partial charge in [-0.15, -0.1) is 0 Å². The molecule has 0 aliphatic carbocycles. The number of carbonyl (C=O) groups is 1. The molecule has 6 nitrogen and oxygen atoms in total. The van der Waals surface area contributed by atoms with Crippen molar-refractivity contribution < 1.29 is 23.4 Å². The third-order valence-corrected chi connectivity index (χ3v) is 6.25. The molecule has 4 aromatic carbocycles. The number of carbonyl (C=O) groups excluding carboxylic acids is 1. The maximum atomic E-state index is 13.2. The van der Waals surface area contributed by atoms with Crippen LogP contribution in [0.2, 0.25) is 0 Å². The van der Waals surface area contributed by atoms with E-state index in [1.54, 1.807) is 48.5 Å². The van der Waals surface area contributed by atoms with Gasteiger partial charge in [0.05, 0.1) is 11.1 Å². The highest BCUT2D eigenvalue weighted by Gasteiger charge is 2.15. The average molecular weight is 601 g/mol. The number of amides is 1. The molecule has 0 atom stereocenters. The summed E-state index contributed by atoms with van der Waals surface area (Å²) in [4.78, 5) is 12.9. The van der Waals surface area contributed by atoms with Crippen LogP contribution in [0.25, 0.3) is 6.08 Å². The van der Waals surface area contributed by atoms with E-state index in [9.17, 15) is 14.4 Å². The third-order valence-electron chi connectivity index (χ3n) is 5.66. The zero-order chi connectivity index (χ0) is 28.3. The number of halogens is 2. The lowest BCUT2D eigenvalue weighted by Gasteiger charge is -2.15. The van der Waals surface area contributed by atoms with Crippen LogP contribution in [0.3, 0.4) is 0 Å². The predicted molar refractivity (Wildman–Crippen MR) is 155 cm³/mol. The maximum Gasteiger partial charge on any atom is 0.266 e. The summed E-state index contributed by atoms with van der Waals surface area (Å²) in [6.45, 7) is 2.86. The zero-order valence-electron chi connectivity index (χ0n) is 21.7. The maximum absolute atomic E-state index is 13.2. The van der Waals surface area contributed by atoms with Crippen LogP contribution in [-0.4, -0.2) is 12.5 Å². The summed E-state index contributed by atoms with van der Waals surface area (Å²) in [6, 6.07) is 28.2. The first-order chi connectivity index (χ1) is 19.4. The van der Waals surface area contributed by atoms with E-state index in [1.165, 1.54) is 18.2 Å². The first kappa shape index (κ1) is 28.4. The van der Waals surface area contributed by atoms with E-state index in [0.717, 1.165) is 11.1 Å². The Kier molecular flexibility index (Phi) is 9.92. The molecule has 40 heavy (non-hydrogen) atoms. The van der Waals surface area contributed by atoms with Crippen LogP contribution < -0.4 is 19.5 Å². The standard InChI is InChI=1S/C32H26BrFN2O4/c1-2-38-30-18-24(17-29(33)31(30)40-21-23-8-10-26(34)11-9-23)16-25(19-35)32(37)36-27-12-14-28(15-13-27)39-20-22-6-4-3-5-7-22/h3-18H,2,20-21H2,1H3,(H,36,37)/b25-16+. The van der Waals surface area contributed by atoms with Crippen molar-refractivity contribution in [1.29, 1.82) is 5.26 Å². The van der Waals surface area contributed by atoms with Gasteiger partial charge >= 0.3 is 0 Å². The highest BCUT2D eigenvalue weighted by atomic mass is 79.9. The van der Waals surface area contributed by atoms with Crippen LogP contribution in [0.5, 0.6) is 17.2 Å². The van der Waals surface area contributed by atoms with Crippen molar-refractivity contribution in [2.45, 2.75) is 20.1 Å². The van der Waals surface area contributed by atoms with Crippen molar-refractivity contribution >= 4 is 33.6 Å². The van der Waals surface area contributed by atoms with E-state index in [-0.39, 0.29) is 18.0 Å². The molecule has 4 rings (SSSR count). The minimum Gasteiger partial charge on any atom is -0.490 e. The minimum atomic E-state index is -0.550. The molecule has 0 aromatic heterocycles. The SMILES string of the molecule is CCOc1cc(/C=C(\C#N)C(=O)Nc2ccc(OCc3ccccc3)cc2)cc(Br)c1OCc1ccc(F)cc1. The van der Waals surface area contributed by atoms with E-state index in [2.05, 4.69) is 21.2 Å². The van der Waals surface area contributed by atoms with Gasteiger partial charge in [0.2, 0.25) is 0 Å². The van der Waals surface area contributed by atoms with E-state index >= 15 is 0 Å². The van der Waals surface area contributed by atoms with Crippen molar-refractivity contribution in [1.82, 2.24) is 0 Å². The Morgan fingerprint density at radius 3 is 2.27 bits per heavy atom. The fraction of sp³-hybridized carbons (Fsp3) is 0.125. The number of benzene rings is 4. The molecule has 0 unspecified atom stereocenters. The second-order valence-electron chi connectivity index (χ2n) is 8.60. The molecule has 0 aliphatic heterocycles. The second kappa shape index (κ2) is 14.0. The second-order valence-corrected chi connectivity index (χ2v) is 9.46. The number of rotatable bonds is 11. The topological polar surface area (TPSA) is 80.6 Å². The van der Waals surface area contributed by atoms with Crippen molar-refractivity contribution in [2.75, 3.05) is 11.9 Å². The van der Waals surface area contributed by atoms with Crippen molar-refractivity contribution in [3.8, 4) is 23.3 Å². The molecule has 0 bridgehead atoms. The highest BCUT2D eigenvalue weighted by Crippen LogP contribution is 2.38. The lowest BCUT2D eigenvalue weighted by Crippen LogP contribution is -2.13. The van der Waals surface area contributed by atoms with E-state index < -0.39 is 5.91 Å². The summed E-state index contributed by atoms with van der Waals surface area (Å²) in [5.74, 6) is 0.687. The molecule has 4 aromatic rings. The van der Waals surface area contributed by atoms with Crippen molar-refractivity contribution in [3.63, 3.8) is 0 Å². The molecule has 0 radical (unpaired) electrons. The van der Waals surface area contributed by atoms with Gasteiger partial charge < -0.3 is 19.5 Å². The molecule has 0 saturated carbocycles. The fourth-order valence-electron chi connectivity index (χ4n) is 3.70. The number of hydrogen-bond donors (Lipinski definition) is 1. The molecule has 1 N–H and O–H groups in total. The Hall–Kier alpha value is -4.61. The van der Waals surface area contributed by atoms with Gasteiger partial charge in [-0.3, -0.25) is 4.79 Å². The lowest BCUT2D eigenvalue weighted by molar-refractivity contribution is -0.112. The molecule has 1 amide bonds. The first-order valence-electron chi connectivity index (χ1n) is 12.5. The molecule has 0 fully saturated rings. The summed E-state index contributed by atoms with van der Waals surface area (Å²) < 4.78 is 31.3. The molecule has 0 heterocycles. The Morgan fingerprint density at radius 2 is 1.60 bits per heavy atom. The van der Waals surface area contributed by atoms with Gasteiger partial charge in [0.1, 0.15) is 36.4 Å². The Morgan fingerprint density at radius 1 is 0.925 bits per heavy atom. The number of nitriles is 1. The zero-order valence-corrected chi connectivity index (χ0v) is 23.3. The normalized spacial score (nSPS) is 10.9. The molecule has 8 heteroatoms. The summed E-state index contributed by atoms with van der Waals surface area (Å²) in [5, 5.41) is 12.4. The van der Waals surface area contributed by atoms with Crippen molar-refractivity contribution in [2.24, 2.45) is 0 Å². The van der Waals surface area contributed by atoms with E-state index in [1.807, 2.05) is 43.3 Å². The van der Waals surface area contributed by atoms with Crippen LogP contribution in [0.15, 0.2) is 101 Å². The Balaban J connectivity index is 1.44. The number of nitrogens with zero attached hydrogens (tertiary/aromatic N) is 1. The van der Waals surface area contributed by atoms with Crippen LogP contribution in [-0.2, 0) is 18.0 Å². The first-order valence-corrected chi connectivity index (χ1v) is 13.3. The number of nitrogens with one attached hydrogen (secondary N) is 1. The number of ether oxygens (including phenoxy) is 3. The molecule has 0 spiro atoms. The molecule has 0 aliphatic rings. The number of anilines is 1. The van der Waals surface area contributed by atoms with Gasteiger partial charge in [-0.2, -0.15) is 5.26 Å². The van der Waals surface area contributed by atoms with Gasteiger partial charge in [-0.25, -0.2) is 4.39 Å². The van der Waals surface area contributed by atoms with E-state index in [4.69, 9.17) is 14.2 Å². The average Bonchev–Trinajstić information content (AvgIpc) is 2.96. The largest absolute Gasteiger partial charge is 0.490 e. The van der Waals surface area contributed by atoms with Gasteiger partial charge in [-0.1, -0.05) is 42.5 Å². The van der Waals surface area contributed by atoms with Crippen molar-refractivity contribution in [3.05, 3.63) is 124 Å².